The van der Waals surface area contributed by atoms with E-state index in [1.54, 1.807) is 49.4 Å². The lowest BCUT2D eigenvalue weighted by molar-refractivity contribution is 0.0529. The van der Waals surface area contributed by atoms with Crippen molar-refractivity contribution >= 4 is 11.5 Å². The van der Waals surface area contributed by atoms with Crippen LogP contribution in [0.4, 0.5) is 0 Å². The first-order valence-corrected chi connectivity index (χ1v) is 8.99. The van der Waals surface area contributed by atoms with E-state index >= 15 is 0 Å². The van der Waals surface area contributed by atoms with Crippen molar-refractivity contribution in [2.24, 2.45) is 0 Å². The molecule has 6 nitrogen and oxygen atoms in total. The summed E-state index contributed by atoms with van der Waals surface area (Å²) in [4.78, 5) is 25.6. The molecule has 0 saturated heterocycles. The molecule has 0 radical (unpaired) electrons. The lowest BCUT2D eigenvalue weighted by atomic mass is 9.95. The van der Waals surface area contributed by atoms with Crippen LogP contribution in [0.15, 0.2) is 53.5 Å². The first kappa shape index (κ1) is 19.2. The Balaban J connectivity index is 2.34. The number of rotatable bonds is 5. The minimum Gasteiger partial charge on any atom is -0.491 e. The van der Waals surface area contributed by atoms with Gasteiger partial charge in [-0.05, 0) is 50.6 Å². The number of fused-ring (bicyclic) bond motifs is 1. The SMILES string of the molecule is CCOC(=O)c1c(-c2ccc(OC(C)C)cc2)c(C#N)c(=O)n2ccccc12. The van der Waals surface area contributed by atoms with Crippen molar-refractivity contribution in [1.29, 1.82) is 5.26 Å². The second kappa shape index (κ2) is 7.97. The van der Waals surface area contributed by atoms with Gasteiger partial charge in [0.1, 0.15) is 17.4 Å². The average Bonchev–Trinajstić information content (AvgIpc) is 2.68. The molecule has 0 bridgehead atoms. The highest BCUT2D eigenvalue weighted by molar-refractivity contribution is 6.05. The Morgan fingerprint density at radius 2 is 1.89 bits per heavy atom. The molecule has 3 aromatic rings. The predicted octanol–water partition coefficient (Wildman–Crippen LogP) is 3.80. The highest BCUT2D eigenvalue weighted by Crippen LogP contribution is 2.31. The van der Waals surface area contributed by atoms with Crippen LogP contribution in [0.3, 0.4) is 0 Å². The van der Waals surface area contributed by atoms with Crippen LogP contribution < -0.4 is 10.3 Å². The van der Waals surface area contributed by atoms with Gasteiger partial charge in [0, 0.05) is 11.8 Å². The predicted molar refractivity (Wildman–Crippen MR) is 106 cm³/mol. The van der Waals surface area contributed by atoms with E-state index in [0.29, 0.717) is 16.8 Å². The maximum atomic E-state index is 12.9. The highest BCUT2D eigenvalue weighted by atomic mass is 16.5. The van der Waals surface area contributed by atoms with Crippen LogP contribution in [0.25, 0.3) is 16.6 Å². The Hall–Kier alpha value is -3.59. The Morgan fingerprint density at radius 3 is 2.50 bits per heavy atom. The normalized spacial score (nSPS) is 10.7. The second-order valence-electron chi connectivity index (χ2n) is 6.41. The summed E-state index contributed by atoms with van der Waals surface area (Å²) in [7, 11) is 0. The molecule has 0 aliphatic heterocycles. The van der Waals surface area contributed by atoms with Crippen LogP contribution in [-0.4, -0.2) is 23.1 Å². The molecule has 28 heavy (non-hydrogen) atoms. The molecule has 0 N–H and O–H groups in total. The zero-order valence-corrected chi connectivity index (χ0v) is 15.9. The van der Waals surface area contributed by atoms with Gasteiger partial charge in [0.2, 0.25) is 0 Å². The summed E-state index contributed by atoms with van der Waals surface area (Å²) in [6, 6.07) is 14.0. The van der Waals surface area contributed by atoms with E-state index in [1.807, 2.05) is 19.9 Å². The number of benzene rings is 1. The third-order valence-electron chi connectivity index (χ3n) is 4.15. The maximum Gasteiger partial charge on any atom is 0.340 e. The highest BCUT2D eigenvalue weighted by Gasteiger charge is 2.24. The number of hydrogen-bond donors (Lipinski definition) is 0. The molecule has 0 aliphatic rings. The third-order valence-corrected chi connectivity index (χ3v) is 4.15. The largest absolute Gasteiger partial charge is 0.491 e. The van der Waals surface area contributed by atoms with Crippen LogP contribution in [0.1, 0.15) is 36.7 Å². The smallest absolute Gasteiger partial charge is 0.340 e. The lowest BCUT2D eigenvalue weighted by Crippen LogP contribution is -2.22. The van der Waals surface area contributed by atoms with Crippen LogP contribution in [0.5, 0.6) is 5.75 Å². The topological polar surface area (TPSA) is 80.8 Å². The number of esters is 1. The first-order valence-electron chi connectivity index (χ1n) is 8.99. The Kier molecular flexibility index (Phi) is 5.46. The zero-order chi connectivity index (χ0) is 20.3. The number of nitrogens with zero attached hydrogens (tertiary/aromatic N) is 2. The van der Waals surface area contributed by atoms with Crippen LogP contribution in [0.2, 0.25) is 0 Å². The molecular weight excluding hydrogens is 356 g/mol. The van der Waals surface area contributed by atoms with Crippen LogP contribution in [-0.2, 0) is 4.74 Å². The van der Waals surface area contributed by atoms with Crippen LogP contribution in [0, 0.1) is 11.3 Å². The van der Waals surface area contributed by atoms with Gasteiger partial charge in [-0.25, -0.2) is 4.79 Å². The van der Waals surface area contributed by atoms with Crippen molar-refractivity contribution in [3.63, 3.8) is 0 Å². The fraction of sp³-hybridized carbons (Fsp3) is 0.227. The number of carbonyl (C=O) groups is 1. The fourth-order valence-electron chi connectivity index (χ4n) is 3.08. The molecule has 142 valence electrons. The summed E-state index contributed by atoms with van der Waals surface area (Å²) in [6.45, 7) is 5.73. The lowest BCUT2D eigenvalue weighted by Gasteiger charge is -2.15. The summed E-state index contributed by atoms with van der Waals surface area (Å²) in [5.41, 5.74) is 0.832. The summed E-state index contributed by atoms with van der Waals surface area (Å²) in [5, 5.41) is 9.69. The Morgan fingerprint density at radius 1 is 1.18 bits per heavy atom. The number of ether oxygens (including phenoxy) is 2. The molecule has 0 fully saturated rings. The van der Waals surface area contributed by atoms with Crippen LogP contribution >= 0.6 is 0 Å². The Labute approximate surface area is 162 Å². The summed E-state index contributed by atoms with van der Waals surface area (Å²) in [5.74, 6) is 0.0765. The molecule has 2 heterocycles. The number of pyridine rings is 2. The molecule has 2 aromatic heterocycles. The number of aromatic nitrogens is 1. The van der Waals surface area contributed by atoms with E-state index in [9.17, 15) is 14.9 Å². The van der Waals surface area contributed by atoms with E-state index in [4.69, 9.17) is 9.47 Å². The minimum atomic E-state index is -0.583. The first-order chi connectivity index (χ1) is 13.5. The van der Waals surface area contributed by atoms with E-state index < -0.39 is 11.5 Å². The average molecular weight is 376 g/mol. The molecule has 3 rings (SSSR count). The van der Waals surface area contributed by atoms with Crippen molar-refractivity contribution in [2.75, 3.05) is 6.61 Å². The molecule has 0 spiro atoms. The van der Waals surface area contributed by atoms with Gasteiger partial charge in [0.25, 0.3) is 5.56 Å². The van der Waals surface area contributed by atoms with Crippen molar-refractivity contribution < 1.29 is 14.3 Å². The van der Waals surface area contributed by atoms with Gasteiger partial charge in [-0.2, -0.15) is 5.26 Å². The van der Waals surface area contributed by atoms with Crippen molar-refractivity contribution in [3.8, 4) is 22.9 Å². The van der Waals surface area contributed by atoms with Gasteiger partial charge in [-0.15, -0.1) is 0 Å². The molecule has 0 atom stereocenters. The van der Waals surface area contributed by atoms with Crippen molar-refractivity contribution in [1.82, 2.24) is 4.40 Å². The summed E-state index contributed by atoms with van der Waals surface area (Å²) in [6.07, 6.45) is 1.55. The molecule has 0 saturated carbocycles. The maximum absolute atomic E-state index is 12.9. The molecule has 0 aliphatic carbocycles. The van der Waals surface area contributed by atoms with Gasteiger partial charge in [0.05, 0.1) is 23.8 Å². The standard InChI is InChI=1S/C22H20N2O4/c1-4-27-22(26)20-18-7-5-6-12-24(18)21(25)17(13-23)19(20)15-8-10-16(11-9-15)28-14(2)3/h5-12,14H,4H2,1-3H3. The minimum absolute atomic E-state index is 0.0147. The molecule has 1 aromatic carbocycles. The van der Waals surface area contributed by atoms with E-state index in [0.717, 1.165) is 0 Å². The monoisotopic (exact) mass is 376 g/mol. The molecule has 0 unspecified atom stereocenters. The summed E-state index contributed by atoms with van der Waals surface area (Å²) < 4.78 is 12.2. The number of carbonyl (C=O) groups excluding carboxylic acids is 1. The summed E-state index contributed by atoms with van der Waals surface area (Å²) >= 11 is 0. The molecule has 0 amide bonds. The number of hydrogen-bond acceptors (Lipinski definition) is 5. The van der Waals surface area contributed by atoms with Gasteiger partial charge in [-0.1, -0.05) is 18.2 Å². The van der Waals surface area contributed by atoms with Gasteiger partial charge in [0.15, 0.2) is 0 Å². The van der Waals surface area contributed by atoms with Crippen molar-refractivity contribution in [3.05, 3.63) is 70.1 Å². The third kappa shape index (κ3) is 3.47. The van der Waals surface area contributed by atoms with Gasteiger partial charge in [-0.3, -0.25) is 9.20 Å². The van der Waals surface area contributed by atoms with E-state index in [1.165, 1.54) is 10.6 Å². The molecular formula is C22H20N2O4. The van der Waals surface area contributed by atoms with E-state index in [2.05, 4.69) is 0 Å². The molecule has 6 heteroatoms. The van der Waals surface area contributed by atoms with Crippen molar-refractivity contribution in [2.45, 2.75) is 26.9 Å². The zero-order valence-electron chi connectivity index (χ0n) is 15.9. The number of nitriles is 1. The van der Waals surface area contributed by atoms with Gasteiger partial charge >= 0.3 is 5.97 Å². The quantitative estimate of drug-likeness (QED) is 0.633. The Bertz CT molecular complexity index is 1120. The van der Waals surface area contributed by atoms with Gasteiger partial charge < -0.3 is 9.47 Å². The fourth-order valence-corrected chi connectivity index (χ4v) is 3.08. The van der Waals surface area contributed by atoms with E-state index in [-0.39, 0.29) is 29.4 Å². The second-order valence-corrected chi connectivity index (χ2v) is 6.41.